The predicted molar refractivity (Wildman–Crippen MR) is 108 cm³/mol. The highest BCUT2D eigenvalue weighted by Gasteiger charge is 2.35. The number of nitrogens with two attached hydrogens (primary N) is 1. The highest BCUT2D eigenvalue weighted by atomic mass is 19.4. The Bertz CT molecular complexity index is 1230. The monoisotopic (exact) mass is 425 g/mol. The maximum atomic E-state index is 13.3. The third-order valence-electron chi connectivity index (χ3n) is 4.75. The number of benzene rings is 3. The van der Waals surface area contributed by atoms with Gasteiger partial charge in [0.2, 0.25) is 5.91 Å². The van der Waals surface area contributed by atoms with E-state index in [1.165, 1.54) is 41.1 Å². The number of carbonyl (C=O) groups is 1. The van der Waals surface area contributed by atoms with Crippen molar-refractivity contribution in [3.8, 4) is 28.1 Å². The molecule has 4 rings (SSSR count). The van der Waals surface area contributed by atoms with E-state index in [2.05, 4.69) is 5.10 Å². The lowest BCUT2D eigenvalue weighted by atomic mass is 10.0. The first-order valence-corrected chi connectivity index (χ1v) is 9.16. The molecule has 0 saturated heterocycles. The minimum Gasteiger partial charge on any atom is -0.366 e. The van der Waals surface area contributed by atoms with E-state index in [9.17, 15) is 22.4 Å². The Labute approximate surface area is 174 Å². The van der Waals surface area contributed by atoms with Gasteiger partial charge in [-0.2, -0.15) is 18.3 Å². The lowest BCUT2D eigenvalue weighted by molar-refractivity contribution is -0.141. The molecule has 0 aliphatic heterocycles. The van der Waals surface area contributed by atoms with Crippen LogP contribution < -0.4 is 5.73 Å². The average Bonchev–Trinajstić information content (AvgIpc) is 3.21. The van der Waals surface area contributed by atoms with Gasteiger partial charge in [0.1, 0.15) is 5.82 Å². The van der Waals surface area contributed by atoms with E-state index in [1.54, 1.807) is 36.4 Å². The van der Waals surface area contributed by atoms with Gasteiger partial charge in [-0.25, -0.2) is 9.07 Å². The first kappa shape index (κ1) is 20.3. The Kier molecular flexibility index (Phi) is 5.06. The van der Waals surface area contributed by atoms with Crippen LogP contribution in [0.25, 0.3) is 28.1 Å². The van der Waals surface area contributed by atoms with E-state index in [4.69, 9.17) is 5.73 Å². The molecule has 0 aliphatic rings. The molecular weight excluding hydrogens is 410 g/mol. The molecule has 1 amide bonds. The normalized spacial score (nSPS) is 11.5. The van der Waals surface area contributed by atoms with Crippen molar-refractivity contribution in [1.29, 1.82) is 0 Å². The molecule has 8 heteroatoms. The molecule has 156 valence electrons. The number of amides is 1. The van der Waals surface area contributed by atoms with Crippen molar-refractivity contribution in [2.24, 2.45) is 5.73 Å². The molecule has 2 N–H and O–H groups in total. The van der Waals surface area contributed by atoms with Gasteiger partial charge < -0.3 is 5.73 Å². The van der Waals surface area contributed by atoms with Gasteiger partial charge in [0.05, 0.1) is 11.4 Å². The number of hydrogen-bond acceptors (Lipinski definition) is 2. The van der Waals surface area contributed by atoms with E-state index in [1.807, 2.05) is 0 Å². The fourth-order valence-corrected chi connectivity index (χ4v) is 3.16. The fraction of sp³-hybridized carbons (Fsp3) is 0.0435. The summed E-state index contributed by atoms with van der Waals surface area (Å²) in [5, 5.41) is 3.73. The molecule has 0 spiro atoms. The van der Waals surface area contributed by atoms with Gasteiger partial charge in [0.15, 0.2) is 5.69 Å². The molecule has 0 bridgehead atoms. The van der Waals surface area contributed by atoms with Gasteiger partial charge in [-0.3, -0.25) is 4.79 Å². The number of halogens is 4. The van der Waals surface area contributed by atoms with Crippen LogP contribution in [-0.4, -0.2) is 15.7 Å². The van der Waals surface area contributed by atoms with Gasteiger partial charge in [0.25, 0.3) is 0 Å². The van der Waals surface area contributed by atoms with Crippen LogP contribution in [0.5, 0.6) is 0 Å². The quantitative estimate of drug-likeness (QED) is 0.441. The third kappa shape index (κ3) is 4.18. The molecule has 0 saturated carbocycles. The summed E-state index contributed by atoms with van der Waals surface area (Å²) in [4.78, 5) is 11.3. The minimum absolute atomic E-state index is 0.227. The number of rotatable bonds is 4. The number of carbonyl (C=O) groups excluding carboxylic acids is 1. The molecule has 0 aliphatic carbocycles. The molecule has 1 heterocycles. The van der Waals surface area contributed by atoms with E-state index in [-0.39, 0.29) is 17.1 Å². The van der Waals surface area contributed by atoms with E-state index in [0.29, 0.717) is 11.3 Å². The van der Waals surface area contributed by atoms with Crippen molar-refractivity contribution < 1.29 is 22.4 Å². The van der Waals surface area contributed by atoms with Crippen LogP contribution in [0.1, 0.15) is 16.1 Å². The van der Waals surface area contributed by atoms with Crippen molar-refractivity contribution in [2.75, 3.05) is 0 Å². The first-order valence-electron chi connectivity index (χ1n) is 9.16. The summed E-state index contributed by atoms with van der Waals surface area (Å²) in [6.07, 6.45) is -4.62. The van der Waals surface area contributed by atoms with Gasteiger partial charge in [-0.05, 0) is 53.6 Å². The van der Waals surface area contributed by atoms with E-state index >= 15 is 0 Å². The molecule has 0 fully saturated rings. The van der Waals surface area contributed by atoms with Gasteiger partial charge in [-0.15, -0.1) is 0 Å². The van der Waals surface area contributed by atoms with E-state index < -0.39 is 17.8 Å². The Hall–Kier alpha value is -3.94. The largest absolute Gasteiger partial charge is 0.435 e. The standard InChI is InChI=1S/C23H15F4N3O/c24-18-9-5-15(6-10-18)14-1-3-16(4-2-14)20-13-21(23(25,26)27)29-30(20)19-11-7-17(8-12-19)22(28)31/h1-13H,(H2,28,31). The maximum Gasteiger partial charge on any atom is 0.435 e. The van der Waals surface area contributed by atoms with Crippen LogP contribution in [0.2, 0.25) is 0 Å². The summed E-state index contributed by atoms with van der Waals surface area (Å²) < 4.78 is 54.3. The SMILES string of the molecule is NC(=O)c1ccc(-n2nc(C(F)(F)F)cc2-c2ccc(-c3ccc(F)cc3)cc2)cc1. The molecular formula is C23H15F4N3O. The second-order valence-electron chi connectivity index (χ2n) is 6.82. The van der Waals surface area contributed by atoms with Crippen LogP contribution in [0.3, 0.4) is 0 Å². The van der Waals surface area contributed by atoms with Crippen LogP contribution >= 0.6 is 0 Å². The van der Waals surface area contributed by atoms with Crippen LogP contribution in [0.15, 0.2) is 78.9 Å². The van der Waals surface area contributed by atoms with E-state index in [0.717, 1.165) is 17.2 Å². The molecule has 3 aromatic carbocycles. The lowest BCUT2D eigenvalue weighted by Crippen LogP contribution is -2.11. The molecule has 31 heavy (non-hydrogen) atoms. The highest BCUT2D eigenvalue weighted by molar-refractivity contribution is 5.92. The zero-order valence-electron chi connectivity index (χ0n) is 15.9. The summed E-state index contributed by atoms with van der Waals surface area (Å²) in [6.45, 7) is 0. The Morgan fingerprint density at radius 3 is 1.84 bits per heavy atom. The molecule has 0 unspecified atom stereocenters. The number of alkyl halides is 3. The maximum absolute atomic E-state index is 13.3. The predicted octanol–water partition coefficient (Wildman–Crippen LogP) is 5.46. The zero-order valence-corrected chi connectivity index (χ0v) is 15.9. The molecule has 0 atom stereocenters. The second-order valence-corrected chi connectivity index (χ2v) is 6.82. The second kappa shape index (κ2) is 7.71. The number of hydrogen-bond donors (Lipinski definition) is 1. The lowest BCUT2D eigenvalue weighted by Gasteiger charge is -2.09. The highest BCUT2D eigenvalue weighted by Crippen LogP contribution is 2.34. The molecule has 4 aromatic rings. The van der Waals surface area contributed by atoms with Gasteiger partial charge in [0, 0.05) is 11.1 Å². The van der Waals surface area contributed by atoms with Crippen molar-refractivity contribution >= 4 is 5.91 Å². The summed E-state index contributed by atoms with van der Waals surface area (Å²) in [5.41, 5.74) is 7.07. The molecule has 4 nitrogen and oxygen atoms in total. The summed E-state index contributed by atoms with van der Waals surface area (Å²) >= 11 is 0. The molecule has 1 aromatic heterocycles. The third-order valence-corrected chi connectivity index (χ3v) is 4.75. The summed E-state index contributed by atoms with van der Waals surface area (Å²) in [5.74, 6) is -0.995. The van der Waals surface area contributed by atoms with Crippen molar-refractivity contribution in [1.82, 2.24) is 9.78 Å². The Morgan fingerprint density at radius 2 is 1.32 bits per heavy atom. The smallest absolute Gasteiger partial charge is 0.366 e. The average molecular weight is 425 g/mol. The number of aromatic nitrogens is 2. The van der Waals surface area contributed by atoms with Crippen LogP contribution in [0, 0.1) is 5.82 Å². The van der Waals surface area contributed by atoms with Crippen LogP contribution in [0.4, 0.5) is 17.6 Å². The minimum atomic E-state index is -4.62. The van der Waals surface area contributed by atoms with Gasteiger partial charge >= 0.3 is 6.18 Å². The van der Waals surface area contributed by atoms with Crippen molar-refractivity contribution in [2.45, 2.75) is 6.18 Å². The summed E-state index contributed by atoms with van der Waals surface area (Å²) in [7, 11) is 0. The van der Waals surface area contributed by atoms with Crippen molar-refractivity contribution in [3.63, 3.8) is 0 Å². The fourth-order valence-electron chi connectivity index (χ4n) is 3.16. The number of primary amides is 1. The summed E-state index contributed by atoms with van der Waals surface area (Å²) in [6, 6.07) is 19.5. The molecule has 0 radical (unpaired) electrons. The Balaban J connectivity index is 1.77. The Morgan fingerprint density at radius 1 is 0.806 bits per heavy atom. The zero-order chi connectivity index (χ0) is 22.2. The topological polar surface area (TPSA) is 60.9 Å². The van der Waals surface area contributed by atoms with Gasteiger partial charge in [-0.1, -0.05) is 36.4 Å². The number of nitrogens with zero attached hydrogens (tertiary/aromatic N) is 2. The van der Waals surface area contributed by atoms with Crippen molar-refractivity contribution in [3.05, 3.63) is 95.9 Å². The van der Waals surface area contributed by atoms with Crippen LogP contribution in [-0.2, 0) is 6.18 Å². The first-order chi connectivity index (χ1) is 14.7.